The molecular weight excluding hydrogens is 315 g/mol. The summed E-state index contributed by atoms with van der Waals surface area (Å²) in [5.41, 5.74) is 1.74. The molecule has 0 unspecified atom stereocenters. The molecule has 0 aliphatic carbocycles. The Morgan fingerprint density at radius 2 is 2.13 bits per heavy atom. The van der Waals surface area contributed by atoms with Crippen molar-refractivity contribution in [2.24, 2.45) is 4.99 Å². The van der Waals surface area contributed by atoms with E-state index < -0.39 is 5.82 Å². The van der Waals surface area contributed by atoms with E-state index in [-0.39, 0.29) is 5.75 Å². The normalized spacial score (nSPS) is 11.6. The highest BCUT2D eigenvalue weighted by atomic mass is 32.1. The topological polar surface area (TPSA) is 69.5 Å². The summed E-state index contributed by atoms with van der Waals surface area (Å²) in [6.07, 6.45) is 0. The maximum Gasteiger partial charge on any atom is 0.191 e. The number of nitrogens with zero attached hydrogens (tertiary/aromatic N) is 2. The fourth-order valence-electron chi connectivity index (χ4n) is 1.93. The number of phenols is 1. The van der Waals surface area contributed by atoms with E-state index in [0.717, 1.165) is 17.2 Å². The summed E-state index contributed by atoms with van der Waals surface area (Å²) < 4.78 is 13.3. The van der Waals surface area contributed by atoms with Gasteiger partial charge in [-0.1, -0.05) is 6.07 Å². The van der Waals surface area contributed by atoms with Crippen molar-refractivity contribution >= 4 is 17.3 Å². The second-order valence-electron chi connectivity index (χ2n) is 5.08. The molecule has 0 aliphatic heterocycles. The van der Waals surface area contributed by atoms with Gasteiger partial charge < -0.3 is 15.7 Å². The number of halogens is 1. The number of guanidine groups is 1. The van der Waals surface area contributed by atoms with Crippen LogP contribution < -0.4 is 10.6 Å². The van der Waals surface area contributed by atoms with Crippen LogP contribution in [0, 0.1) is 19.7 Å². The first-order chi connectivity index (χ1) is 11.0. The molecule has 2 aromatic rings. The van der Waals surface area contributed by atoms with E-state index in [0.29, 0.717) is 24.6 Å². The van der Waals surface area contributed by atoms with Gasteiger partial charge in [0, 0.05) is 11.4 Å². The zero-order chi connectivity index (χ0) is 16.8. The van der Waals surface area contributed by atoms with Gasteiger partial charge in [-0.15, -0.1) is 11.3 Å². The Labute approximate surface area is 139 Å². The molecule has 3 N–H and O–H groups in total. The van der Waals surface area contributed by atoms with Gasteiger partial charge in [-0.3, -0.25) is 0 Å². The maximum atomic E-state index is 13.3. The molecule has 0 bridgehead atoms. The number of aromatic hydroxyl groups is 1. The average Bonchev–Trinajstić information content (AvgIpc) is 2.84. The fraction of sp³-hybridized carbons (Fsp3) is 0.375. The average molecular weight is 336 g/mol. The predicted octanol–water partition coefficient (Wildman–Crippen LogP) is 2.86. The van der Waals surface area contributed by atoms with Gasteiger partial charge >= 0.3 is 0 Å². The van der Waals surface area contributed by atoms with Gasteiger partial charge in [0.05, 0.1) is 18.8 Å². The molecule has 124 valence electrons. The lowest BCUT2D eigenvalue weighted by atomic mass is 10.2. The van der Waals surface area contributed by atoms with Crippen molar-refractivity contribution < 1.29 is 9.50 Å². The minimum Gasteiger partial charge on any atom is -0.505 e. The second-order valence-corrected chi connectivity index (χ2v) is 6.37. The minimum absolute atomic E-state index is 0.322. The van der Waals surface area contributed by atoms with Crippen LogP contribution in [0.15, 0.2) is 23.2 Å². The molecule has 1 aromatic carbocycles. The number of thiazole rings is 1. The van der Waals surface area contributed by atoms with Gasteiger partial charge in [-0.05, 0) is 38.5 Å². The highest BCUT2D eigenvalue weighted by Crippen LogP contribution is 2.17. The monoisotopic (exact) mass is 336 g/mol. The molecule has 5 nitrogen and oxygen atoms in total. The summed E-state index contributed by atoms with van der Waals surface area (Å²) >= 11 is 1.66. The second kappa shape index (κ2) is 7.92. The van der Waals surface area contributed by atoms with E-state index in [1.807, 2.05) is 13.8 Å². The molecule has 0 atom stereocenters. The third kappa shape index (κ3) is 4.92. The molecule has 0 fully saturated rings. The Morgan fingerprint density at radius 3 is 2.74 bits per heavy atom. The minimum atomic E-state index is -0.635. The molecule has 0 amide bonds. The quantitative estimate of drug-likeness (QED) is 0.580. The summed E-state index contributed by atoms with van der Waals surface area (Å²) in [6.45, 7) is 7.67. The van der Waals surface area contributed by atoms with Crippen LogP contribution in [0.1, 0.15) is 28.1 Å². The number of aliphatic imine (C=N–C) groups is 1. The van der Waals surface area contributed by atoms with E-state index in [1.54, 1.807) is 17.4 Å². The van der Waals surface area contributed by atoms with Crippen molar-refractivity contribution in [2.45, 2.75) is 33.9 Å². The zero-order valence-electron chi connectivity index (χ0n) is 13.5. The maximum absolute atomic E-state index is 13.3. The standard InChI is InChI=1S/C16H21FN4OS/c1-4-18-16(20-9-15-21-10(2)11(3)23-15)19-8-12-5-6-14(22)13(17)7-12/h5-7,22H,4,8-9H2,1-3H3,(H2,18,19,20). The lowest BCUT2D eigenvalue weighted by molar-refractivity contribution is 0.432. The van der Waals surface area contributed by atoms with Crippen molar-refractivity contribution in [2.75, 3.05) is 6.54 Å². The van der Waals surface area contributed by atoms with Crippen LogP contribution in [-0.2, 0) is 13.1 Å². The van der Waals surface area contributed by atoms with Crippen LogP contribution in [0.4, 0.5) is 4.39 Å². The molecule has 23 heavy (non-hydrogen) atoms. The first-order valence-electron chi connectivity index (χ1n) is 7.42. The van der Waals surface area contributed by atoms with Crippen molar-refractivity contribution in [1.82, 2.24) is 15.6 Å². The van der Waals surface area contributed by atoms with Crippen molar-refractivity contribution in [3.63, 3.8) is 0 Å². The fourth-order valence-corrected chi connectivity index (χ4v) is 2.81. The lowest BCUT2D eigenvalue weighted by Crippen LogP contribution is -2.36. The summed E-state index contributed by atoms with van der Waals surface area (Å²) in [7, 11) is 0. The number of benzene rings is 1. The van der Waals surface area contributed by atoms with Gasteiger partial charge in [0.15, 0.2) is 17.5 Å². The molecular formula is C16H21FN4OS. The molecule has 0 saturated carbocycles. The summed E-state index contributed by atoms with van der Waals surface area (Å²) in [5, 5.41) is 16.6. The predicted molar refractivity (Wildman–Crippen MR) is 91.3 cm³/mol. The molecule has 7 heteroatoms. The Balaban J connectivity index is 2.00. The molecule has 0 spiro atoms. The zero-order valence-corrected chi connectivity index (χ0v) is 14.3. The van der Waals surface area contributed by atoms with E-state index in [1.165, 1.54) is 17.0 Å². The number of hydrogen-bond donors (Lipinski definition) is 3. The molecule has 0 saturated heterocycles. The van der Waals surface area contributed by atoms with Crippen LogP contribution in [0.25, 0.3) is 0 Å². The van der Waals surface area contributed by atoms with Crippen molar-refractivity contribution in [3.05, 3.63) is 45.2 Å². The van der Waals surface area contributed by atoms with Crippen LogP contribution in [0.5, 0.6) is 5.75 Å². The van der Waals surface area contributed by atoms with Crippen LogP contribution in [0.3, 0.4) is 0 Å². The van der Waals surface area contributed by atoms with Crippen LogP contribution in [0.2, 0.25) is 0 Å². The summed E-state index contributed by atoms with van der Waals surface area (Å²) in [4.78, 5) is 10.1. The SMILES string of the molecule is CCNC(=NCc1ccc(O)c(F)c1)NCc1nc(C)c(C)s1. The number of hydrogen-bond acceptors (Lipinski definition) is 4. The van der Waals surface area contributed by atoms with Gasteiger partial charge in [0.1, 0.15) is 5.01 Å². The Kier molecular flexibility index (Phi) is 5.92. The number of rotatable bonds is 5. The van der Waals surface area contributed by atoms with Gasteiger partial charge in [0.25, 0.3) is 0 Å². The third-order valence-electron chi connectivity index (χ3n) is 3.26. The molecule has 0 aliphatic rings. The largest absolute Gasteiger partial charge is 0.505 e. The van der Waals surface area contributed by atoms with E-state index in [4.69, 9.17) is 0 Å². The number of aromatic nitrogens is 1. The molecule has 2 rings (SSSR count). The number of aryl methyl sites for hydroxylation is 2. The Morgan fingerprint density at radius 1 is 1.35 bits per heavy atom. The van der Waals surface area contributed by atoms with Gasteiger partial charge in [-0.2, -0.15) is 0 Å². The lowest BCUT2D eigenvalue weighted by Gasteiger charge is -2.10. The van der Waals surface area contributed by atoms with E-state index in [2.05, 4.69) is 27.5 Å². The summed E-state index contributed by atoms with van der Waals surface area (Å²) in [5.74, 6) is -0.340. The first-order valence-corrected chi connectivity index (χ1v) is 8.23. The van der Waals surface area contributed by atoms with Crippen LogP contribution >= 0.6 is 11.3 Å². The Bertz CT molecular complexity index is 680. The van der Waals surface area contributed by atoms with E-state index >= 15 is 0 Å². The van der Waals surface area contributed by atoms with E-state index in [9.17, 15) is 9.50 Å². The molecule has 1 heterocycles. The number of nitrogens with one attached hydrogen (secondary N) is 2. The van der Waals surface area contributed by atoms with Crippen molar-refractivity contribution in [3.8, 4) is 5.75 Å². The number of phenolic OH excluding ortho intramolecular Hbond substituents is 1. The van der Waals surface area contributed by atoms with Gasteiger partial charge in [-0.25, -0.2) is 14.4 Å². The summed E-state index contributed by atoms with van der Waals surface area (Å²) in [6, 6.07) is 4.27. The Hall–Kier alpha value is -2.15. The van der Waals surface area contributed by atoms with Crippen LogP contribution in [-0.4, -0.2) is 22.6 Å². The third-order valence-corrected chi connectivity index (χ3v) is 4.33. The first kappa shape index (κ1) is 17.2. The van der Waals surface area contributed by atoms with Gasteiger partial charge in [0.2, 0.25) is 0 Å². The highest BCUT2D eigenvalue weighted by molar-refractivity contribution is 7.11. The molecule has 1 aromatic heterocycles. The smallest absolute Gasteiger partial charge is 0.191 e. The highest BCUT2D eigenvalue weighted by Gasteiger charge is 2.05. The molecule has 0 radical (unpaired) electrons. The van der Waals surface area contributed by atoms with Crippen molar-refractivity contribution in [1.29, 1.82) is 0 Å².